The van der Waals surface area contributed by atoms with Gasteiger partial charge in [0.15, 0.2) is 6.61 Å². The number of carbonyl (C=O) groups excluding carboxylic acids is 2. The largest absolute Gasteiger partial charge is 0.484 e. The van der Waals surface area contributed by atoms with Crippen LogP contribution in [-0.2, 0) is 11.3 Å². The van der Waals surface area contributed by atoms with Crippen LogP contribution < -0.4 is 21.1 Å². The number of nitrogens with zero attached hydrogens (tertiary/aromatic N) is 1. The second-order valence-electron chi connectivity index (χ2n) is 5.78. The third-order valence-electron chi connectivity index (χ3n) is 3.58. The van der Waals surface area contributed by atoms with Crippen molar-refractivity contribution in [3.05, 3.63) is 70.1 Å². The predicted octanol–water partition coefficient (Wildman–Crippen LogP) is 2.68. The van der Waals surface area contributed by atoms with Gasteiger partial charge in [-0.15, -0.1) is 0 Å². The fraction of sp³-hybridized carbons (Fsp3) is 0.211. The lowest BCUT2D eigenvalue weighted by atomic mass is 10.2. The summed E-state index contributed by atoms with van der Waals surface area (Å²) in [5, 5.41) is 6.06. The molecule has 0 aliphatic rings. The van der Waals surface area contributed by atoms with E-state index in [1.807, 2.05) is 0 Å². The molecular weight excluding hydrogens is 403 g/mol. The fourth-order valence-electron chi connectivity index (χ4n) is 2.15. The zero-order chi connectivity index (χ0) is 20.5. The highest BCUT2D eigenvalue weighted by atomic mass is 35.5. The molecule has 7 nitrogen and oxygen atoms in total. The van der Waals surface area contributed by atoms with Gasteiger partial charge in [-0.3, -0.25) is 14.6 Å². The summed E-state index contributed by atoms with van der Waals surface area (Å²) >= 11 is 11.7. The monoisotopic (exact) mass is 422 g/mol. The quantitative estimate of drug-likeness (QED) is 0.575. The normalized spacial score (nSPS) is 10.2. The minimum Gasteiger partial charge on any atom is -0.484 e. The van der Waals surface area contributed by atoms with Gasteiger partial charge in [0, 0.05) is 37.5 Å². The van der Waals surface area contributed by atoms with Crippen molar-refractivity contribution in [2.75, 3.05) is 13.2 Å². The summed E-state index contributed by atoms with van der Waals surface area (Å²) in [6.45, 7) is 4.17. The summed E-state index contributed by atoms with van der Waals surface area (Å²) in [4.78, 5) is 28.0. The first kappa shape index (κ1) is 21.7. The number of carbonyl (C=O) groups is 2. The van der Waals surface area contributed by atoms with E-state index in [1.165, 1.54) is 12.3 Å². The van der Waals surface area contributed by atoms with Gasteiger partial charge in [-0.05, 0) is 29.8 Å². The van der Waals surface area contributed by atoms with Gasteiger partial charge in [0.25, 0.3) is 11.8 Å². The van der Waals surface area contributed by atoms with Gasteiger partial charge >= 0.3 is 0 Å². The molecule has 148 valence electrons. The van der Waals surface area contributed by atoms with E-state index in [4.69, 9.17) is 33.7 Å². The predicted molar refractivity (Wildman–Crippen MR) is 108 cm³/mol. The minimum absolute atomic E-state index is 0.209. The molecule has 0 aliphatic carbocycles. The lowest BCUT2D eigenvalue weighted by molar-refractivity contribution is -0.122. The zero-order valence-electron chi connectivity index (χ0n) is 15.0. The average molecular weight is 423 g/mol. The van der Waals surface area contributed by atoms with Crippen molar-refractivity contribution in [1.82, 2.24) is 15.6 Å². The van der Waals surface area contributed by atoms with Crippen LogP contribution in [0.5, 0.6) is 5.75 Å². The number of hydrogen-bond acceptors (Lipinski definition) is 5. The van der Waals surface area contributed by atoms with Crippen molar-refractivity contribution in [1.29, 1.82) is 0 Å². The molecule has 0 bridgehead atoms. The second-order valence-corrected chi connectivity index (χ2v) is 6.59. The van der Waals surface area contributed by atoms with Crippen LogP contribution in [0.3, 0.4) is 0 Å². The molecule has 0 fully saturated rings. The number of pyridine rings is 1. The standard InChI is InChI=1S/C19H20Cl2N4O3/c1-12(4-6-24-19(27)17-8-13(10-22)5-7-23-17)25-18(26)11-28-14-2-3-15(20)16(21)9-14/h2-3,5,7-9H,1,4,6,10-11,22H2,(H,24,27)(H,25,26). The average Bonchev–Trinajstić information content (AvgIpc) is 2.68. The van der Waals surface area contributed by atoms with Crippen LogP contribution in [0.15, 0.2) is 48.8 Å². The maximum atomic E-state index is 12.1. The van der Waals surface area contributed by atoms with Gasteiger partial charge in [0.1, 0.15) is 11.4 Å². The highest BCUT2D eigenvalue weighted by Crippen LogP contribution is 2.26. The molecule has 2 amide bonds. The van der Waals surface area contributed by atoms with Crippen LogP contribution in [-0.4, -0.2) is 29.9 Å². The van der Waals surface area contributed by atoms with E-state index >= 15 is 0 Å². The van der Waals surface area contributed by atoms with Crippen LogP contribution in [0.2, 0.25) is 10.0 Å². The number of amides is 2. The van der Waals surface area contributed by atoms with Crippen molar-refractivity contribution < 1.29 is 14.3 Å². The van der Waals surface area contributed by atoms with Gasteiger partial charge < -0.3 is 21.1 Å². The van der Waals surface area contributed by atoms with Gasteiger partial charge in [0.05, 0.1) is 10.0 Å². The summed E-state index contributed by atoms with van der Waals surface area (Å²) in [6, 6.07) is 8.09. The van der Waals surface area contributed by atoms with Gasteiger partial charge in [-0.1, -0.05) is 29.8 Å². The maximum Gasteiger partial charge on any atom is 0.269 e. The Morgan fingerprint density at radius 3 is 2.68 bits per heavy atom. The molecular formula is C19H20Cl2N4O3. The van der Waals surface area contributed by atoms with Gasteiger partial charge in [-0.2, -0.15) is 0 Å². The molecule has 2 aromatic rings. The first-order valence-electron chi connectivity index (χ1n) is 8.37. The number of benzene rings is 1. The molecule has 0 atom stereocenters. The molecule has 28 heavy (non-hydrogen) atoms. The number of hydrogen-bond donors (Lipinski definition) is 3. The summed E-state index contributed by atoms with van der Waals surface area (Å²) in [5.41, 5.74) is 7.10. The van der Waals surface area contributed by atoms with Crippen molar-refractivity contribution in [3.8, 4) is 5.75 Å². The van der Waals surface area contributed by atoms with E-state index in [0.29, 0.717) is 41.0 Å². The molecule has 0 saturated carbocycles. The number of rotatable bonds is 9. The zero-order valence-corrected chi connectivity index (χ0v) is 16.5. The molecule has 1 heterocycles. The highest BCUT2D eigenvalue weighted by Gasteiger charge is 2.09. The van der Waals surface area contributed by atoms with E-state index in [9.17, 15) is 9.59 Å². The second kappa shape index (κ2) is 10.7. The Labute approximate surface area is 172 Å². The van der Waals surface area contributed by atoms with Crippen molar-refractivity contribution in [2.24, 2.45) is 5.73 Å². The summed E-state index contributed by atoms with van der Waals surface area (Å²) in [7, 11) is 0. The molecule has 0 aliphatic heterocycles. The molecule has 0 saturated heterocycles. The van der Waals surface area contributed by atoms with E-state index in [0.717, 1.165) is 5.56 Å². The van der Waals surface area contributed by atoms with Crippen LogP contribution >= 0.6 is 23.2 Å². The lowest BCUT2D eigenvalue weighted by Gasteiger charge is -2.11. The number of nitrogens with two attached hydrogens (primary N) is 1. The fourth-order valence-corrected chi connectivity index (χ4v) is 2.44. The molecule has 1 aromatic carbocycles. The highest BCUT2D eigenvalue weighted by molar-refractivity contribution is 6.42. The van der Waals surface area contributed by atoms with Crippen LogP contribution in [0.4, 0.5) is 0 Å². The van der Waals surface area contributed by atoms with E-state index in [-0.39, 0.29) is 24.1 Å². The van der Waals surface area contributed by atoms with Gasteiger partial charge in [-0.25, -0.2) is 0 Å². The van der Waals surface area contributed by atoms with Crippen molar-refractivity contribution >= 4 is 35.0 Å². The van der Waals surface area contributed by atoms with Crippen LogP contribution in [0, 0.1) is 0 Å². The molecule has 4 N–H and O–H groups in total. The Morgan fingerprint density at radius 2 is 1.96 bits per heavy atom. The Bertz CT molecular complexity index is 874. The van der Waals surface area contributed by atoms with Crippen LogP contribution in [0.1, 0.15) is 22.5 Å². The summed E-state index contributed by atoms with van der Waals surface area (Å²) in [5.74, 6) is -0.272. The topological polar surface area (TPSA) is 106 Å². The summed E-state index contributed by atoms with van der Waals surface area (Å²) < 4.78 is 5.34. The van der Waals surface area contributed by atoms with E-state index < -0.39 is 0 Å². The van der Waals surface area contributed by atoms with Crippen molar-refractivity contribution in [3.63, 3.8) is 0 Å². The molecule has 1 aromatic heterocycles. The summed E-state index contributed by atoms with van der Waals surface area (Å²) in [6.07, 6.45) is 1.89. The van der Waals surface area contributed by atoms with E-state index in [2.05, 4.69) is 22.2 Å². The van der Waals surface area contributed by atoms with Crippen molar-refractivity contribution in [2.45, 2.75) is 13.0 Å². The molecule has 0 spiro atoms. The third kappa shape index (κ3) is 6.84. The molecule has 0 radical (unpaired) electrons. The number of ether oxygens (including phenoxy) is 1. The smallest absolute Gasteiger partial charge is 0.269 e. The Balaban J connectivity index is 1.70. The Kier molecular flexibility index (Phi) is 8.25. The number of nitrogens with one attached hydrogen (secondary N) is 2. The number of halogens is 2. The number of aromatic nitrogens is 1. The first-order chi connectivity index (χ1) is 13.4. The van der Waals surface area contributed by atoms with E-state index in [1.54, 1.807) is 24.3 Å². The third-order valence-corrected chi connectivity index (χ3v) is 4.32. The first-order valence-corrected chi connectivity index (χ1v) is 9.13. The molecule has 0 unspecified atom stereocenters. The SMILES string of the molecule is C=C(CCNC(=O)c1cc(CN)ccn1)NC(=O)COc1ccc(Cl)c(Cl)c1. The lowest BCUT2D eigenvalue weighted by Crippen LogP contribution is -2.31. The van der Waals surface area contributed by atoms with Gasteiger partial charge in [0.2, 0.25) is 0 Å². The maximum absolute atomic E-state index is 12.1. The Hall–Kier alpha value is -2.61. The minimum atomic E-state index is -0.375. The van der Waals surface area contributed by atoms with Crippen LogP contribution in [0.25, 0.3) is 0 Å². The Morgan fingerprint density at radius 1 is 1.18 bits per heavy atom. The molecule has 2 rings (SSSR count). The molecule has 9 heteroatoms.